The van der Waals surface area contributed by atoms with Crippen LogP contribution in [-0.4, -0.2) is 34.5 Å². The van der Waals surface area contributed by atoms with Gasteiger partial charge in [-0.2, -0.15) is 5.26 Å². The molecule has 3 rings (SSSR count). The normalized spacial score (nSPS) is 10.2. The molecule has 0 N–H and O–H groups in total. The molecule has 0 spiro atoms. The molecule has 1 aromatic carbocycles. The van der Waals surface area contributed by atoms with E-state index in [2.05, 4.69) is 21.0 Å². The van der Waals surface area contributed by atoms with E-state index in [9.17, 15) is 4.79 Å². The van der Waals surface area contributed by atoms with Crippen LogP contribution >= 0.6 is 0 Å². The summed E-state index contributed by atoms with van der Waals surface area (Å²) in [5.41, 5.74) is 3.93. The molecule has 0 saturated heterocycles. The molecule has 3 aromatic rings. The van der Waals surface area contributed by atoms with Crippen molar-refractivity contribution in [1.82, 2.24) is 15.0 Å². The Labute approximate surface area is 163 Å². The predicted molar refractivity (Wildman–Crippen MR) is 105 cm³/mol. The lowest BCUT2D eigenvalue weighted by atomic mass is 10.0. The number of nitrogens with zero attached hydrogens (tertiary/aromatic N) is 5. The highest BCUT2D eigenvalue weighted by molar-refractivity contribution is 6.04. The van der Waals surface area contributed by atoms with Crippen molar-refractivity contribution in [3.8, 4) is 23.2 Å². The van der Waals surface area contributed by atoms with Gasteiger partial charge in [0.1, 0.15) is 5.69 Å². The zero-order valence-corrected chi connectivity index (χ0v) is 15.9. The van der Waals surface area contributed by atoms with E-state index in [0.29, 0.717) is 29.4 Å². The van der Waals surface area contributed by atoms with E-state index >= 15 is 0 Å². The van der Waals surface area contributed by atoms with Gasteiger partial charge in [0.25, 0.3) is 5.91 Å². The number of aromatic nitrogens is 3. The zero-order valence-electron chi connectivity index (χ0n) is 15.9. The number of nitriles is 1. The highest BCUT2D eigenvalue weighted by atomic mass is 16.5. The number of ether oxygens (including phenoxy) is 1. The lowest BCUT2D eigenvalue weighted by Gasteiger charge is -2.20. The molecular weight excluding hydrogens is 354 g/mol. The number of methoxy groups -OCH3 is 1. The fraction of sp³-hybridized carbons (Fsp3) is 0.190. The minimum absolute atomic E-state index is 0.243. The van der Waals surface area contributed by atoms with Crippen LogP contribution in [0.25, 0.3) is 11.3 Å². The summed E-state index contributed by atoms with van der Waals surface area (Å²) in [6, 6.07) is 11.0. The van der Waals surface area contributed by atoms with Crippen molar-refractivity contribution in [3.63, 3.8) is 0 Å². The average Bonchev–Trinajstić information content (AvgIpc) is 2.74. The monoisotopic (exact) mass is 373 g/mol. The Hall–Kier alpha value is -3.79. The number of anilines is 1. The molecule has 0 aliphatic rings. The maximum atomic E-state index is 12.9. The largest absolute Gasteiger partial charge is 0.481 e. The van der Waals surface area contributed by atoms with Crippen molar-refractivity contribution in [2.45, 2.75) is 13.8 Å². The van der Waals surface area contributed by atoms with Crippen LogP contribution in [-0.2, 0) is 0 Å². The Kier molecular flexibility index (Phi) is 5.61. The first kappa shape index (κ1) is 19.0. The number of hydrogen-bond acceptors (Lipinski definition) is 6. The molecule has 0 saturated carbocycles. The lowest BCUT2D eigenvalue weighted by molar-refractivity contribution is 0.0983. The SMILES string of the molecule is CCN(C(=O)c1cnc(-c2ccc(C#N)cc2C)cn1)c1ccc(OC)nc1. The van der Waals surface area contributed by atoms with Gasteiger partial charge in [0.05, 0.1) is 48.7 Å². The zero-order chi connectivity index (χ0) is 20.1. The number of carbonyl (C=O) groups excluding carboxylic acids is 1. The second kappa shape index (κ2) is 8.27. The van der Waals surface area contributed by atoms with Crippen LogP contribution in [0.2, 0.25) is 0 Å². The first-order valence-corrected chi connectivity index (χ1v) is 8.72. The van der Waals surface area contributed by atoms with Gasteiger partial charge in [0.15, 0.2) is 0 Å². The quantitative estimate of drug-likeness (QED) is 0.681. The maximum Gasteiger partial charge on any atom is 0.278 e. The molecule has 0 unspecified atom stereocenters. The number of pyridine rings is 1. The Morgan fingerprint density at radius 3 is 2.50 bits per heavy atom. The number of benzene rings is 1. The maximum absolute atomic E-state index is 12.9. The molecule has 28 heavy (non-hydrogen) atoms. The van der Waals surface area contributed by atoms with Gasteiger partial charge in [-0.1, -0.05) is 6.07 Å². The van der Waals surface area contributed by atoms with Crippen molar-refractivity contribution in [3.05, 3.63) is 65.7 Å². The van der Waals surface area contributed by atoms with E-state index in [1.54, 1.807) is 41.6 Å². The van der Waals surface area contributed by atoms with Gasteiger partial charge in [-0.25, -0.2) is 9.97 Å². The van der Waals surface area contributed by atoms with E-state index in [-0.39, 0.29) is 11.6 Å². The van der Waals surface area contributed by atoms with E-state index in [0.717, 1.165) is 11.1 Å². The van der Waals surface area contributed by atoms with Gasteiger partial charge in [0.2, 0.25) is 5.88 Å². The van der Waals surface area contributed by atoms with Crippen LogP contribution in [0.5, 0.6) is 5.88 Å². The van der Waals surface area contributed by atoms with Crippen LogP contribution in [0.3, 0.4) is 0 Å². The second-order valence-electron chi connectivity index (χ2n) is 6.04. The minimum atomic E-state index is -0.259. The highest BCUT2D eigenvalue weighted by Gasteiger charge is 2.18. The molecule has 2 heterocycles. The van der Waals surface area contributed by atoms with Crippen molar-refractivity contribution in [1.29, 1.82) is 5.26 Å². The van der Waals surface area contributed by atoms with Gasteiger partial charge in [0, 0.05) is 18.2 Å². The lowest BCUT2D eigenvalue weighted by Crippen LogP contribution is -2.31. The van der Waals surface area contributed by atoms with Gasteiger partial charge >= 0.3 is 0 Å². The number of amides is 1. The Morgan fingerprint density at radius 2 is 1.96 bits per heavy atom. The minimum Gasteiger partial charge on any atom is -0.481 e. The molecule has 0 bridgehead atoms. The fourth-order valence-electron chi connectivity index (χ4n) is 2.83. The summed E-state index contributed by atoms with van der Waals surface area (Å²) in [6.45, 7) is 4.25. The van der Waals surface area contributed by atoms with E-state index in [4.69, 9.17) is 10.00 Å². The summed E-state index contributed by atoms with van der Waals surface area (Å²) in [7, 11) is 1.54. The van der Waals surface area contributed by atoms with Crippen molar-refractivity contribution in [2.24, 2.45) is 0 Å². The first-order valence-electron chi connectivity index (χ1n) is 8.72. The topological polar surface area (TPSA) is 92.0 Å². The number of aryl methyl sites for hydroxylation is 1. The molecule has 140 valence electrons. The Bertz CT molecular complexity index is 1020. The third-order valence-corrected chi connectivity index (χ3v) is 4.31. The van der Waals surface area contributed by atoms with Crippen molar-refractivity contribution >= 4 is 11.6 Å². The third-order valence-electron chi connectivity index (χ3n) is 4.31. The standard InChI is InChI=1S/C21H19N5O2/c1-4-26(16-6-8-20(28-3)25-11-16)21(27)19-13-23-18(12-24-19)17-7-5-15(10-22)9-14(17)2/h5-9,11-13H,4H2,1-3H3. The summed E-state index contributed by atoms with van der Waals surface area (Å²) >= 11 is 0. The second-order valence-corrected chi connectivity index (χ2v) is 6.04. The molecule has 0 aliphatic heterocycles. The average molecular weight is 373 g/mol. The van der Waals surface area contributed by atoms with Crippen molar-refractivity contribution in [2.75, 3.05) is 18.6 Å². The van der Waals surface area contributed by atoms with E-state index in [1.165, 1.54) is 13.3 Å². The molecule has 0 radical (unpaired) electrons. The summed E-state index contributed by atoms with van der Waals surface area (Å²) in [6.07, 6.45) is 4.62. The molecule has 1 amide bonds. The summed E-state index contributed by atoms with van der Waals surface area (Å²) in [4.78, 5) is 27.3. The molecule has 0 atom stereocenters. The number of hydrogen-bond donors (Lipinski definition) is 0. The van der Waals surface area contributed by atoms with Gasteiger partial charge < -0.3 is 9.64 Å². The molecule has 0 aliphatic carbocycles. The summed E-state index contributed by atoms with van der Waals surface area (Å²) in [5.74, 6) is 0.222. The summed E-state index contributed by atoms with van der Waals surface area (Å²) in [5, 5.41) is 8.99. The van der Waals surface area contributed by atoms with Crippen LogP contribution < -0.4 is 9.64 Å². The Morgan fingerprint density at radius 1 is 1.14 bits per heavy atom. The predicted octanol–water partition coefficient (Wildman–Crippen LogP) is 3.39. The van der Waals surface area contributed by atoms with E-state index < -0.39 is 0 Å². The molecular formula is C21H19N5O2. The third kappa shape index (κ3) is 3.81. The summed E-state index contributed by atoms with van der Waals surface area (Å²) < 4.78 is 5.05. The van der Waals surface area contributed by atoms with Gasteiger partial charge in [-0.3, -0.25) is 9.78 Å². The number of rotatable bonds is 5. The van der Waals surface area contributed by atoms with Crippen LogP contribution in [0.4, 0.5) is 5.69 Å². The number of carbonyl (C=O) groups is 1. The fourth-order valence-corrected chi connectivity index (χ4v) is 2.83. The highest BCUT2D eigenvalue weighted by Crippen LogP contribution is 2.22. The van der Waals surface area contributed by atoms with Crippen molar-refractivity contribution < 1.29 is 9.53 Å². The van der Waals surface area contributed by atoms with Crippen LogP contribution in [0, 0.1) is 18.3 Å². The van der Waals surface area contributed by atoms with Crippen LogP contribution in [0.1, 0.15) is 28.5 Å². The molecule has 7 heteroatoms. The van der Waals surface area contributed by atoms with E-state index in [1.807, 2.05) is 19.9 Å². The van der Waals surface area contributed by atoms with Crippen LogP contribution in [0.15, 0.2) is 48.9 Å². The first-order chi connectivity index (χ1) is 13.6. The smallest absolute Gasteiger partial charge is 0.278 e. The molecule has 7 nitrogen and oxygen atoms in total. The van der Waals surface area contributed by atoms with Gasteiger partial charge in [-0.05, 0) is 37.6 Å². The Balaban J connectivity index is 1.85. The molecule has 0 fully saturated rings. The van der Waals surface area contributed by atoms with Gasteiger partial charge in [-0.15, -0.1) is 0 Å². The molecule has 2 aromatic heterocycles.